The number of hydrogen-bond acceptors (Lipinski definition) is 7. The van der Waals surface area contributed by atoms with Crippen LogP contribution in [0.3, 0.4) is 0 Å². The number of aromatic hydroxyl groups is 1. The Labute approximate surface area is 165 Å². The summed E-state index contributed by atoms with van der Waals surface area (Å²) >= 11 is 0. The Bertz CT molecular complexity index is 971. The highest BCUT2D eigenvalue weighted by Crippen LogP contribution is 2.20. The van der Waals surface area contributed by atoms with Gasteiger partial charge in [-0.1, -0.05) is 54.6 Å². The van der Waals surface area contributed by atoms with Crippen molar-refractivity contribution in [1.82, 2.24) is 15.6 Å². The van der Waals surface area contributed by atoms with Crippen molar-refractivity contribution >= 4 is 11.9 Å². The van der Waals surface area contributed by atoms with E-state index < -0.39 is 23.9 Å². The maximum atomic E-state index is 12.2. The van der Waals surface area contributed by atoms with E-state index in [9.17, 15) is 19.8 Å². The normalized spacial score (nSPS) is 11.9. The second-order valence-electron chi connectivity index (χ2n) is 6.29. The number of hydrogen-bond donors (Lipinski definition) is 4. The number of benzene rings is 2. The molecule has 29 heavy (non-hydrogen) atoms. The summed E-state index contributed by atoms with van der Waals surface area (Å²) in [5, 5.41) is 32.3. The lowest BCUT2D eigenvalue weighted by Crippen LogP contribution is -2.47. The van der Waals surface area contributed by atoms with E-state index in [4.69, 9.17) is 5.11 Å². The highest BCUT2D eigenvalue weighted by molar-refractivity contribution is 5.91. The fraction of sp³-hybridized carbons (Fsp3) is 0.150. The molecule has 150 valence electrons. The monoisotopic (exact) mass is 397 g/mol. The fourth-order valence-corrected chi connectivity index (χ4v) is 2.66. The van der Waals surface area contributed by atoms with Crippen LogP contribution in [0.1, 0.15) is 16.1 Å². The lowest BCUT2D eigenvalue weighted by Gasteiger charge is -2.24. The van der Waals surface area contributed by atoms with Gasteiger partial charge in [0.1, 0.15) is 0 Å². The molecule has 1 amide bonds. The first-order valence-corrected chi connectivity index (χ1v) is 8.69. The van der Waals surface area contributed by atoms with Crippen molar-refractivity contribution in [1.29, 1.82) is 0 Å². The van der Waals surface area contributed by atoms with Crippen molar-refractivity contribution in [3.63, 3.8) is 0 Å². The summed E-state index contributed by atoms with van der Waals surface area (Å²) in [5.41, 5.74) is 5.29. The molecule has 3 aromatic rings. The Morgan fingerprint density at radius 2 is 1.72 bits per heavy atom. The summed E-state index contributed by atoms with van der Waals surface area (Å²) in [6.07, 6.45) is -1.71. The number of nitrogens with zero attached hydrogens (tertiary/aromatic N) is 2. The molecule has 0 saturated carbocycles. The van der Waals surface area contributed by atoms with Gasteiger partial charge in [-0.25, -0.2) is 9.80 Å². The van der Waals surface area contributed by atoms with E-state index in [1.165, 1.54) is 5.01 Å². The van der Waals surface area contributed by atoms with E-state index in [-0.39, 0.29) is 18.8 Å². The number of rotatable bonds is 8. The van der Waals surface area contributed by atoms with Gasteiger partial charge in [0.15, 0.2) is 6.10 Å². The molecular weight excluding hydrogens is 378 g/mol. The first-order valence-electron chi connectivity index (χ1n) is 8.69. The third kappa shape index (κ3) is 5.41. The van der Waals surface area contributed by atoms with E-state index >= 15 is 0 Å². The summed E-state index contributed by atoms with van der Waals surface area (Å²) in [6.45, 7) is -0.229. The molecule has 1 atom stereocenters. The predicted octanol–water partition coefficient (Wildman–Crippen LogP) is 1.64. The Morgan fingerprint density at radius 3 is 2.31 bits per heavy atom. The molecule has 0 aliphatic carbocycles. The highest BCUT2D eigenvalue weighted by atomic mass is 16.5. The Balaban J connectivity index is 1.73. The highest BCUT2D eigenvalue weighted by Gasteiger charge is 2.22. The molecule has 9 heteroatoms. The molecule has 0 saturated heterocycles. The van der Waals surface area contributed by atoms with Crippen LogP contribution in [-0.4, -0.2) is 50.0 Å². The maximum Gasteiger partial charge on any atom is 0.333 e. The average molecular weight is 397 g/mol. The SMILES string of the molecule is O=C(NN(Cc1ccc(-c2ccccc2)cc1)CC(O)C(=O)O)c1cc(O)no1. The van der Waals surface area contributed by atoms with E-state index in [0.717, 1.165) is 22.8 Å². The second kappa shape index (κ2) is 9.00. The molecule has 0 spiro atoms. The summed E-state index contributed by atoms with van der Waals surface area (Å²) in [4.78, 5) is 23.2. The summed E-state index contributed by atoms with van der Waals surface area (Å²) in [6, 6.07) is 18.3. The van der Waals surface area contributed by atoms with Crippen LogP contribution in [-0.2, 0) is 11.3 Å². The van der Waals surface area contributed by atoms with Gasteiger partial charge >= 0.3 is 11.9 Å². The largest absolute Gasteiger partial charge is 0.491 e. The van der Waals surface area contributed by atoms with Gasteiger partial charge in [-0.15, -0.1) is 0 Å². The minimum Gasteiger partial charge on any atom is -0.491 e. The van der Waals surface area contributed by atoms with Crippen molar-refractivity contribution in [2.24, 2.45) is 0 Å². The van der Waals surface area contributed by atoms with E-state index in [2.05, 4.69) is 15.1 Å². The molecule has 1 aromatic heterocycles. The first kappa shape index (κ1) is 20.1. The first-order chi connectivity index (χ1) is 13.9. The maximum absolute atomic E-state index is 12.2. The van der Waals surface area contributed by atoms with Crippen molar-refractivity contribution in [3.05, 3.63) is 72.0 Å². The molecule has 9 nitrogen and oxygen atoms in total. The van der Waals surface area contributed by atoms with E-state index in [1.807, 2.05) is 54.6 Å². The van der Waals surface area contributed by atoms with Crippen LogP contribution in [0, 0.1) is 0 Å². The van der Waals surface area contributed by atoms with Crippen LogP contribution < -0.4 is 5.43 Å². The number of aliphatic hydroxyl groups excluding tert-OH is 1. The number of aliphatic carboxylic acids is 1. The molecule has 0 bridgehead atoms. The second-order valence-corrected chi connectivity index (χ2v) is 6.29. The van der Waals surface area contributed by atoms with Gasteiger partial charge in [-0.2, -0.15) is 0 Å². The minimum atomic E-state index is -1.71. The van der Waals surface area contributed by atoms with Gasteiger partial charge in [-0.3, -0.25) is 10.2 Å². The molecule has 0 fully saturated rings. The van der Waals surface area contributed by atoms with Gasteiger partial charge in [-0.05, 0) is 21.8 Å². The number of aromatic nitrogens is 1. The third-order valence-corrected chi connectivity index (χ3v) is 4.09. The lowest BCUT2D eigenvalue weighted by atomic mass is 10.0. The van der Waals surface area contributed by atoms with Gasteiger partial charge in [0.05, 0.1) is 12.6 Å². The lowest BCUT2D eigenvalue weighted by molar-refractivity contribution is -0.148. The molecule has 3 rings (SSSR count). The Morgan fingerprint density at radius 1 is 1.07 bits per heavy atom. The Hall–Kier alpha value is -3.69. The third-order valence-electron chi connectivity index (χ3n) is 4.09. The molecule has 0 aliphatic heterocycles. The quantitative estimate of drug-likeness (QED) is 0.421. The standard InChI is InChI=1S/C20H19N3O6/c24-16(20(27)28)12-23(21-19(26)17-10-18(25)22-29-17)11-13-6-8-15(9-7-13)14-4-2-1-3-5-14/h1-10,16,24H,11-12H2,(H,21,26)(H,22,25)(H,27,28). The number of carbonyl (C=O) groups excluding carboxylic acids is 1. The van der Waals surface area contributed by atoms with Gasteiger partial charge < -0.3 is 19.8 Å². The molecule has 2 aromatic carbocycles. The van der Waals surface area contributed by atoms with Gasteiger partial charge in [0.2, 0.25) is 5.76 Å². The van der Waals surface area contributed by atoms with Crippen LogP contribution in [0.2, 0.25) is 0 Å². The number of nitrogens with one attached hydrogen (secondary N) is 1. The zero-order valence-electron chi connectivity index (χ0n) is 15.2. The van der Waals surface area contributed by atoms with Crippen molar-refractivity contribution < 1.29 is 29.4 Å². The van der Waals surface area contributed by atoms with Gasteiger partial charge in [0.25, 0.3) is 5.88 Å². The van der Waals surface area contributed by atoms with Crippen LogP contribution in [0.5, 0.6) is 5.88 Å². The van der Waals surface area contributed by atoms with Crippen LogP contribution in [0.15, 0.2) is 65.2 Å². The van der Waals surface area contributed by atoms with Crippen molar-refractivity contribution in [2.75, 3.05) is 6.54 Å². The zero-order chi connectivity index (χ0) is 20.8. The average Bonchev–Trinajstić information content (AvgIpc) is 3.15. The van der Waals surface area contributed by atoms with Crippen LogP contribution >= 0.6 is 0 Å². The number of carbonyl (C=O) groups is 2. The molecule has 1 unspecified atom stereocenters. The zero-order valence-corrected chi connectivity index (χ0v) is 15.2. The smallest absolute Gasteiger partial charge is 0.333 e. The summed E-state index contributed by atoms with van der Waals surface area (Å²) < 4.78 is 4.68. The minimum absolute atomic E-state index is 0.130. The predicted molar refractivity (Wildman–Crippen MR) is 102 cm³/mol. The van der Waals surface area contributed by atoms with Crippen molar-refractivity contribution in [2.45, 2.75) is 12.6 Å². The van der Waals surface area contributed by atoms with Gasteiger partial charge in [0, 0.05) is 6.54 Å². The molecule has 4 N–H and O–H groups in total. The van der Waals surface area contributed by atoms with Crippen LogP contribution in [0.25, 0.3) is 11.1 Å². The molecule has 1 heterocycles. The molecule has 0 aliphatic rings. The van der Waals surface area contributed by atoms with Crippen molar-refractivity contribution in [3.8, 4) is 17.0 Å². The molecular formula is C20H19N3O6. The number of carboxylic acid groups (broad SMARTS) is 1. The Kier molecular flexibility index (Phi) is 6.22. The van der Waals surface area contributed by atoms with E-state index in [0.29, 0.717) is 0 Å². The summed E-state index contributed by atoms with van der Waals surface area (Å²) in [5.74, 6) is -2.86. The van der Waals surface area contributed by atoms with Crippen LogP contribution in [0.4, 0.5) is 0 Å². The number of hydrazine groups is 1. The molecule has 0 radical (unpaired) electrons. The summed E-state index contributed by atoms with van der Waals surface area (Å²) in [7, 11) is 0. The number of amides is 1. The van der Waals surface area contributed by atoms with E-state index in [1.54, 1.807) is 0 Å². The number of aliphatic hydroxyl groups is 1. The topological polar surface area (TPSA) is 136 Å². The fourth-order valence-electron chi connectivity index (χ4n) is 2.66. The number of carboxylic acids is 1.